The summed E-state index contributed by atoms with van der Waals surface area (Å²) in [5, 5.41) is 2.97. The van der Waals surface area contributed by atoms with Gasteiger partial charge in [-0.15, -0.1) is 0 Å². The van der Waals surface area contributed by atoms with Crippen LogP contribution in [0.4, 0.5) is 5.69 Å². The number of amides is 1. The first-order valence-corrected chi connectivity index (χ1v) is 9.13. The van der Waals surface area contributed by atoms with E-state index in [4.69, 9.17) is 14.2 Å². The average molecular weight is 350 g/mol. The molecule has 2 rings (SSSR count). The van der Waals surface area contributed by atoms with Gasteiger partial charge in [0.05, 0.1) is 18.5 Å². The topological polar surface area (TPSA) is 69.7 Å². The van der Waals surface area contributed by atoms with Crippen molar-refractivity contribution in [1.29, 1.82) is 0 Å². The number of rotatable bonds is 9. The number of ether oxygens (including phenoxy) is 3. The van der Waals surface area contributed by atoms with Crippen LogP contribution in [0.1, 0.15) is 46.0 Å². The Morgan fingerprint density at radius 3 is 2.84 bits per heavy atom. The van der Waals surface area contributed by atoms with E-state index in [-0.39, 0.29) is 5.91 Å². The highest BCUT2D eigenvalue weighted by atomic mass is 16.5. The molecule has 140 valence electrons. The molecule has 25 heavy (non-hydrogen) atoms. The number of nitrogens with zero attached hydrogens (tertiary/aromatic N) is 1. The summed E-state index contributed by atoms with van der Waals surface area (Å²) in [4.78, 5) is 17.1. The first kappa shape index (κ1) is 19.7. The van der Waals surface area contributed by atoms with E-state index in [0.717, 1.165) is 32.1 Å². The van der Waals surface area contributed by atoms with Crippen LogP contribution in [0.2, 0.25) is 0 Å². The summed E-state index contributed by atoms with van der Waals surface area (Å²) in [6.45, 7) is 5.80. The Bertz CT molecular complexity index is 535. The van der Waals surface area contributed by atoms with Crippen LogP contribution in [-0.4, -0.2) is 43.4 Å². The first-order chi connectivity index (χ1) is 12.1. The van der Waals surface area contributed by atoms with Gasteiger partial charge in [-0.2, -0.15) is 0 Å². The van der Waals surface area contributed by atoms with Gasteiger partial charge in [0.2, 0.25) is 5.88 Å². The number of carbonyl (C=O) groups excluding carboxylic acids is 1. The molecule has 0 aliphatic heterocycles. The largest absolute Gasteiger partial charge is 0.475 e. The van der Waals surface area contributed by atoms with Crippen LogP contribution in [0.25, 0.3) is 0 Å². The molecule has 1 N–H and O–H groups in total. The normalized spacial score (nSPS) is 23.2. The summed E-state index contributed by atoms with van der Waals surface area (Å²) >= 11 is 0. The van der Waals surface area contributed by atoms with E-state index in [0.29, 0.717) is 37.3 Å². The zero-order valence-electron chi connectivity index (χ0n) is 15.5. The lowest BCUT2D eigenvalue weighted by atomic mass is 9.78. The Balaban J connectivity index is 1.99. The highest BCUT2D eigenvalue weighted by molar-refractivity contribution is 5.97. The number of hydrogen-bond acceptors (Lipinski definition) is 5. The van der Waals surface area contributed by atoms with E-state index in [1.54, 1.807) is 25.4 Å². The van der Waals surface area contributed by atoms with Gasteiger partial charge in [0.25, 0.3) is 5.91 Å². The second kappa shape index (κ2) is 9.73. The average Bonchev–Trinajstić information content (AvgIpc) is 2.61. The minimum Gasteiger partial charge on any atom is -0.475 e. The molecule has 0 bridgehead atoms. The number of methoxy groups -OCH3 is 1. The Morgan fingerprint density at radius 2 is 2.20 bits per heavy atom. The number of aromatic nitrogens is 1. The lowest BCUT2D eigenvalue weighted by molar-refractivity contribution is -0.148. The number of pyridine rings is 1. The minimum absolute atomic E-state index is 0.0673. The summed E-state index contributed by atoms with van der Waals surface area (Å²) < 4.78 is 16.4. The molecule has 1 fully saturated rings. The quantitative estimate of drug-likeness (QED) is 0.691. The third-order valence-electron chi connectivity index (χ3n) is 4.48. The third kappa shape index (κ3) is 5.68. The van der Waals surface area contributed by atoms with Crippen molar-refractivity contribution in [3.05, 3.63) is 18.3 Å². The molecule has 0 radical (unpaired) electrons. The molecule has 1 aliphatic rings. The minimum atomic E-state index is -0.721. The van der Waals surface area contributed by atoms with Gasteiger partial charge in [0.15, 0.2) is 0 Å². The summed E-state index contributed by atoms with van der Waals surface area (Å²) in [6.07, 6.45) is 6.22. The van der Waals surface area contributed by atoms with Crippen molar-refractivity contribution in [2.45, 2.75) is 51.6 Å². The van der Waals surface area contributed by atoms with Gasteiger partial charge in [-0.25, -0.2) is 4.98 Å². The fourth-order valence-electron chi connectivity index (χ4n) is 3.22. The van der Waals surface area contributed by atoms with Crippen LogP contribution in [0.5, 0.6) is 5.88 Å². The Hall–Kier alpha value is -1.66. The molecule has 0 spiro atoms. The lowest BCUT2D eigenvalue weighted by Crippen LogP contribution is -2.48. The maximum Gasteiger partial charge on any atom is 0.256 e. The highest BCUT2D eigenvalue weighted by Crippen LogP contribution is 2.36. The van der Waals surface area contributed by atoms with Gasteiger partial charge in [0, 0.05) is 19.8 Å². The zero-order valence-corrected chi connectivity index (χ0v) is 15.5. The van der Waals surface area contributed by atoms with Gasteiger partial charge in [0.1, 0.15) is 12.2 Å². The van der Waals surface area contributed by atoms with Crippen molar-refractivity contribution >= 4 is 11.6 Å². The van der Waals surface area contributed by atoms with E-state index in [2.05, 4.69) is 24.1 Å². The van der Waals surface area contributed by atoms with Crippen LogP contribution in [0.3, 0.4) is 0 Å². The molecule has 1 saturated carbocycles. The van der Waals surface area contributed by atoms with E-state index >= 15 is 0 Å². The second-order valence-electron chi connectivity index (χ2n) is 6.72. The summed E-state index contributed by atoms with van der Waals surface area (Å²) in [5.41, 5.74) is -0.0665. The number of hydrogen-bond donors (Lipinski definition) is 1. The molecule has 0 saturated heterocycles. The summed E-state index contributed by atoms with van der Waals surface area (Å²) in [5.74, 6) is 0.937. The Morgan fingerprint density at radius 1 is 1.36 bits per heavy atom. The highest BCUT2D eigenvalue weighted by Gasteiger charge is 2.42. The van der Waals surface area contributed by atoms with Crippen molar-refractivity contribution in [3.8, 4) is 5.88 Å². The number of carbonyl (C=O) groups is 1. The molecule has 1 aromatic rings. The predicted octanol–water partition coefficient (Wildman–Crippen LogP) is 3.42. The smallest absolute Gasteiger partial charge is 0.256 e. The summed E-state index contributed by atoms with van der Waals surface area (Å²) in [6, 6.07) is 3.54. The molecule has 1 aliphatic carbocycles. The molecule has 2 atom stereocenters. The van der Waals surface area contributed by atoms with Gasteiger partial charge in [-0.05, 0) is 37.7 Å². The van der Waals surface area contributed by atoms with Crippen molar-refractivity contribution in [1.82, 2.24) is 4.98 Å². The first-order valence-electron chi connectivity index (χ1n) is 9.13. The molecule has 0 aromatic carbocycles. The zero-order chi connectivity index (χ0) is 18.1. The molecule has 6 heteroatoms. The fourth-order valence-corrected chi connectivity index (χ4v) is 3.22. The Kier molecular flexibility index (Phi) is 7.65. The van der Waals surface area contributed by atoms with Gasteiger partial charge in [-0.3, -0.25) is 4.79 Å². The molecular formula is C19H30N2O4. The van der Waals surface area contributed by atoms with Crippen LogP contribution in [-0.2, 0) is 14.3 Å². The van der Waals surface area contributed by atoms with Crippen molar-refractivity contribution in [3.63, 3.8) is 0 Å². The van der Waals surface area contributed by atoms with Gasteiger partial charge >= 0.3 is 0 Å². The predicted molar refractivity (Wildman–Crippen MR) is 96.8 cm³/mol. The second-order valence-corrected chi connectivity index (χ2v) is 6.72. The van der Waals surface area contributed by atoms with Gasteiger partial charge < -0.3 is 19.5 Å². The maximum atomic E-state index is 12.9. The monoisotopic (exact) mass is 350 g/mol. The molecule has 0 unspecified atom stereocenters. The van der Waals surface area contributed by atoms with E-state index in [1.807, 2.05) is 0 Å². The molecule has 1 heterocycles. The van der Waals surface area contributed by atoms with Crippen molar-refractivity contribution < 1.29 is 19.0 Å². The number of nitrogens with one attached hydrogen (secondary N) is 1. The molecular weight excluding hydrogens is 320 g/mol. The van der Waals surface area contributed by atoms with Crippen molar-refractivity contribution in [2.24, 2.45) is 5.92 Å². The standard InChI is InChI=1S/C19H30N2O4/c1-4-10-25-19(9-5-6-15(2)13-19)18(22)21-16-7-8-17(20-14-16)24-12-11-23-3/h7-8,14-15H,4-6,9-13H2,1-3H3,(H,21,22)/t15-,19-/m0/s1. The lowest BCUT2D eigenvalue weighted by Gasteiger charge is -2.38. The maximum absolute atomic E-state index is 12.9. The molecule has 6 nitrogen and oxygen atoms in total. The van der Waals surface area contributed by atoms with Crippen LogP contribution >= 0.6 is 0 Å². The van der Waals surface area contributed by atoms with Gasteiger partial charge in [-0.1, -0.05) is 20.3 Å². The van der Waals surface area contributed by atoms with Crippen LogP contribution in [0, 0.1) is 5.92 Å². The Labute approximate surface area is 150 Å². The molecule has 1 amide bonds. The van der Waals surface area contributed by atoms with Crippen LogP contribution < -0.4 is 10.1 Å². The summed E-state index contributed by atoms with van der Waals surface area (Å²) in [7, 11) is 1.62. The van der Waals surface area contributed by atoms with E-state index < -0.39 is 5.60 Å². The number of anilines is 1. The van der Waals surface area contributed by atoms with E-state index in [1.165, 1.54) is 0 Å². The fraction of sp³-hybridized carbons (Fsp3) is 0.684. The molecule has 1 aromatic heterocycles. The third-order valence-corrected chi connectivity index (χ3v) is 4.48. The van der Waals surface area contributed by atoms with E-state index in [9.17, 15) is 4.79 Å². The van der Waals surface area contributed by atoms with Crippen molar-refractivity contribution in [2.75, 3.05) is 32.2 Å². The van der Waals surface area contributed by atoms with Crippen LogP contribution in [0.15, 0.2) is 18.3 Å². The SMILES string of the molecule is CCCO[C@@]1(C(=O)Nc2ccc(OCCOC)nc2)CCC[C@H](C)C1.